The molecule has 0 fully saturated rings. The third-order valence-electron chi connectivity index (χ3n) is 4.03. The van der Waals surface area contributed by atoms with Crippen LogP contribution in [0.2, 0.25) is 0 Å². The Balaban J connectivity index is 1.90. The molecule has 1 aromatic carbocycles. The van der Waals surface area contributed by atoms with Crippen molar-refractivity contribution in [2.45, 2.75) is 10.6 Å². The highest BCUT2D eigenvalue weighted by molar-refractivity contribution is 8.01. The number of pyridine rings is 1. The summed E-state index contributed by atoms with van der Waals surface area (Å²) in [5, 5.41) is 3.15. The number of thiophene rings is 2. The fourth-order valence-electron chi connectivity index (χ4n) is 2.82. The monoisotopic (exact) mass is 416 g/mol. The highest BCUT2D eigenvalue weighted by atomic mass is 35.5. The van der Waals surface area contributed by atoms with E-state index in [-0.39, 0.29) is 0 Å². The molecule has 0 spiro atoms. The molecule has 3 aromatic heterocycles. The Kier molecular flexibility index (Phi) is 5.50. The maximum atomic E-state index is 6.55. The predicted octanol–water partition coefficient (Wildman–Crippen LogP) is 7.00. The number of thioether (sulfide) groups is 1. The molecule has 4 aromatic rings. The van der Waals surface area contributed by atoms with Crippen LogP contribution in [0.5, 0.6) is 0 Å². The van der Waals surface area contributed by atoms with Gasteiger partial charge in [-0.25, -0.2) is 4.98 Å². The summed E-state index contributed by atoms with van der Waals surface area (Å²) in [6.07, 6.45) is 0.972. The molecule has 0 saturated carbocycles. The summed E-state index contributed by atoms with van der Waals surface area (Å²) < 4.78 is 1.14. The number of halogens is 1. The summed E-state index contributed by atoms with van der Waals surface area (Å²) in [5.41, 5.74) is 10.7. The molecule has 2 N–H and O–H groups in total. The Bertz CT molecular complexity index is 1010. The number of benzene rings is 1. The summed E-state index contributed by atoms with van der Waals surface area (Å²) in [5.74, 6) is 1.65. The number of nitrogens with two attached hydrogens (primary N) is 1. The first kappa shape index (κ1) is 17.9. The van der Waals surface area contributed by atoms with Crippen molar-refractivity contribution >= 4 is 61.9 Å². The van der Waals surface area contributed by atoms with Crippen molar-refractivity contribution in [1.82, 2.24) is 4.98 Å². The zero-order valence-corrected chi connectivity index (χ0v) is 17.2. The fourth-order valence-corrected chi connectivity index (χ4v) is 6.11. The predicted molar refractivity (Wildman–Crippen MR) is 119 cm³/mol. The molecule has 6 heteroatoms. The van der Waals surface area contributed by atoms with Crippen LogP contribution in [0.15, 0.2) is 58.1 Å². The van der Waals surface area contributed by atoms with Gasteiger partial charge in [-0.15, -0.1) is 46.0 Å². The molecule has 0 radical (unpaired) electrons. The van der Waals surface area contributed by atoms with Gasteiger partial charge in [0, 0.05) is 11.3 Å². The summed E-state index contributed by atoms with van der Waals surface area (Å²) in [4.78, 5) is 7.10. The van der Waals surface area contributed by atoms with Gasteiger partial charge in [0.2, 0.25) is 0 Å². The van der Waals surface area contributed by atoms with Gasteiger partial charge in [0.05, 0.1) is 20.5 Å². The van der Waals surface area contributed by atoms with Gasteiger partial charge in [0.1, 0.15) is 4.83 Å². The number of rotatable bonds is 6. The second-order valence-electron chi connectivity index (χ2n) is 5.77. The second kappa shape index (κ2) is 8.01. The van der Waals surface area contributed by atoms with E-state index in [1.165, 1.54) is 10.4 Å². The third kappa shape index (κ3) is 3.49. The number of hydrogen-bond donors (Lipinski definition) is 1. The van der Waals surface area contributed by atoms with Crippen molar-refractivity contribution in [3.63, 3.8) is 0 Å². The molecular weight excluding hydrogens is 400 g/mol. The normalized spacial score (nSPS) is 11.3. The van der Waals surface area contributed by atoms with Crippen molar-refractivity contribution in [1.29, 1.82) is 0 Å². The molecule has 0 aliphatic carbocycles. The minimum atomic E-state index is 0.674. The molecule has 0 amide bonds. The van der Waals surface area contributed by atoms with Crippen LogP contribution in [0.3, 0.4) is 0 Å². The standard InChI is InChI=1S/C20H17ClN2S3/c21-9-5-11-25-20-18(22)17-14(13-6-2-1-3-7-13)12-15(23-19(17)26-20)16-8-4-10-24-16/h1-4,6-8,10,12H,5,9,11,22H2. The molecule has 0 aliphatic heterocycles. The summed E-state index contributed by atoms with van der Waals surface area (Å²) in [7, 11) is 0. The number of hydrogen-bond acceptors (Lipinski definition) is 5. The lowest BCUT2D eigenvalue weighted by atomic mass is 10.0. The van der Waals surface area contributed by atoms with E-state index in [0.29, 0.717) is 5.88 Å². The Hall–Kier alpha value is -1.53. The number of anilines is 1. The zero-order chi connectivity index (χ0) is 17.9. The number of nitrogens with zero attached hydrogens (tertiary/aromatic N) is 1. The molecule has 0 saturated heterocycles. The van der Waals surface area contributed by atoms with Crippen molar-refractivity contribution in [2.24, 2.45) is 0 Å². The number of alkyl halides is 1. The van der Waals surface area contributed by atoms with E-state index < -0.39 is 0 Å². The van der Waals surface area contributed by atoms with Gasteiger partial charge in [-0.3, -0.25) is 0 Å². The van der Waals surface area contributed by atoms with E-state index in [1.54, 1.807) is 34.4 Å². The average molecular weight is 417 g/mol. The first-order valence-electron chi connectivity index (χ1n) is 8.29. The van der Waals surface area contributed by atoms with Crippen molar-refractivity contribution < 1.29 is 0 Å². The molecule has 0 aliphatic rings. The lowest BCUT2D eigenvalue weighted by Crippen LogP contribution is -1.90. The Morgan fingerprint density at radius 2 is 1.96 bits per heavy atom. The highest BCUT2D eigenvalue weighted by Crippen LogP contribution is 2.45. The Morgan fingerprint density at radius 1 is 1.12 bits per heavy atom. The van der Waals surface area contributed by atoms with Gasteiger partial charge in [-0.2, -0.15) is 0 Å². The Morgan fingerprint density at radius 3 is 2.69 bits per heavy atom. The van der Waals surface area contributed by atoms with Gasteiger partial charge in [-0.05, 0) is 40.8 Å². The van der Waals surface area contributed by atoms with Crippen LogP contribution in [0, 0.1) is 0 Å². The minimum Gasteiger partial charge on any atom is -0.397 e. The van der Waals surface area contributed by atoms with Crippen LogP contribution in [0.25, 0.3) is 31.9 Å². The number of nitrogen functional groups attached to an aromatic ring is 1. The third-order valence-corrected chi connectivity index (χ3v) is 7.67. The molecule has 0 bridgehead atoms. The van der Waals surface area contributed by atoms with Gasteiger partial charge in [0.15, 0.2) is 0 Å². The SMILES string of the molecule is Nc1c(SCCCCl)sc2nc(-c3cccs3)cc(-c3ccccc3)c12. The smallest absolute Gasteiger partial charge is 0.127 e. The molecule has 0 unspecified atom stereocenters. The maximum Gasteiger partial charge on any atom is 0.127 e. The van der Waals surface area contributed by atoms with E-state index in [1.807, 2.05) is 6.07 Å². The fraction of sp³-hybridized carbons (Fsp3) is 0.150. The first-order valence-corrected chi connectivity index (χ1v) is 11.5. The van der Waals surface area contributed by atoms with Crippen LogP contribution in [-0.2, 0) is 0 Å². The Labute approximate surface area is 170 Å². The summed E-state index contributed by atoms with van der Waals surface area (Å²) in [6, 6.07) is 16.8. The lowest BCUT2D eigenvalue weighted by molar-refractivity contribution is 1.12. The van der Waals surface area contributed by atoms with E-state index in [2.05, 4.69) is 47.8 Å². The quantitative estimate of drug-likeness (QED) is 0.209. The van der Waals surface area contributed by atoms with Gasteiger partial charge in [-0.1, -0.05) is 36.4 Å². The van der Waals surface area contributed by atoms with Crippen molar-refractivity contribution in [3.8, 4) is 21.7 Å². The number of aromatic nitrogens is 1. The summed E-state index contributed by atoms with van der Waals surface area (Å²) >= 11 is 11.0. The van der Waals surface area contributed by atoms with Crippen LogP contribution in [0.1, 0.15) is 6.42 Å². The zero-order valence-electron chi connectivity index (χ0n) is 13.9. The van der Waals surface area contributed by atoms with E-state index in [4.69, 9.17) is 22.3 Å². The van der Waals surface area contributed by atoms with E-state index in [9.17, 15) is 0 Å². The van der Waals surface area contributed by atoms with Gasteiger partial charge < -0.3 is 5.73 Å². The molecule has 132 valence electrons. The van der Waals surface area contributed by atoms with Gasteiger partial charge in [0.25, 0.3) is 0 Å². The molecular formula is C20H17ClN2S3. The lowest BCUT2D eigenvalue weighted by Gasteiger charge is -2.07. The molecule has 2 nitrogen and oxygen atoms in total. The van der Waals surface area contributed by atoms with E-state index >= 15 is 0 Å². The van der Waals surface area contributed by atoms with Crippen molar-refractivity contribution in [3.05, 3.63) is 53.9 Å². The maximum absolute atomic E-state index is 6.55. The van der Waals surface area contributed by atoms with Crippen LogP contribution in [-0.4, -0.2) is 16.6 Å². The molecule has 4 rings (SSSR count). The topological polar surface area (TPSA) is 38.9 Å². The largest absolute Gasteiger partial charge is 0.397 e. The van der Waals surface area contributed by atoms with Crippen LogP contribution < -0.4 is 5.73 Å². The van der Waals surface area contributed by atoms with Crippen molar-refractivity contribution in [2.75, 3.05) is 17.4 Å². The highest BCUT2D eigenvalue weighted by Gasteiger charge is 2.18. The molecule has 0 atom stereocenters. The van der Waals surface area contributed by atoms with E-state index in [0.717, 1.165) is 43.5 Å². The summed E-state index contributed by atoms with van der Waals surface area (Å²) in [6.45, 7) is 0. The minimum absolute atomic E-state index is 0.674. The van der Waals surface area contributed by atoms with Gasteiger partial charge >= 0.3 is 0 Å². The second-order valence-corrected chi connectivity index (χ2v) is 9.46. The molecule has 26 heavy (non-hydrogen) atoms. The van der Waals surface area contributed by atoms with Crippen LogP contribution in [0.4, 0.5) is 5.69 Å². The average Bonchev–Trinajstić information content (AvgIpc) is 3.31. The first-order chi connectivity index (χ1) is 12.8. The number of fused-ring (bicyclic) bond motifs is 1. The molecule has 3 heterocycles. The van der Waals surface area contributed by atoms with Crippen LogP contribution >= 0.6 is 46.0 Å².